The van der Waals surface area contributed by atoms with Crippen LogP contribution in [-0.4, -0.2) is 25.4 Å². The van der Waals surface area contributed by atoms with Crippen molar-refractivity contribution in [2.75, 3.05) is 20.3 Å². The second-order valence-electron chi connectivity index (χ2n) is 2.03. The van der Waals surface area contributed by atoms with Crippen LogP contribution in [0.5, 0.6) is 0 Å². The minimum Gasteiger partial charge on any atom is -0.396 e. The van der Waals surface area contributed by atoms with Gasteiger partial charge < -0.3 is 9.84 Å². The molecule has 0 aliphatic carbocycles. The standard InChI is InChI=1S/C7H14O2/c1-3-4-7(5-8)6-9-2/h3,7-8H,1,4-6H2,2H3. The summed E-state index contributed by atoms with van der Waals surface area (Å²) in [5.74, 6) is 0.229. The van der Waals surface area contributed by atoms with E-state index in [9.17, 15) is 0 Å². The molecule has 54 valence electrons. The Bertz CT molecular complexity index is 71.3. The van der Waals surface area contributed by atoms with Crippen LogP contribution < -0.4 is 0 Å². The molecule has 0 aromatic heterocycles. The van der Waals surface area contributed by atoms with Crippen LogP contribution in [0.1, 0.15) is 6.42 Å². The smallest absolute Gasteiger partial charge is 0.0515 e. The van der Waals surface area contributed by atoms with E-state index in [1.54, 1.807) is 13.2 Å². The van der Waals surface area contributed by atoms with Crippen molar-refractivity contribution in [3.8, 4) is 0 Å². The van der Waals surface area contributed by atoms with Crippen molar-refractivity contribution in [3.05, 3.63) is 12.7 Å². The summed E-state index contributed by atoms with van der Waals surface area (Å²) in [5.41, 5.74) is 0. The van der Waals surface area contributed by atoms with Crippen LogP contribution in [-0.2, 0) is 4.74 Å². The number of aliphatic hydroxyl groups excluding tert-OH is 1. The molecule has 1 atom stereocenters. The summed E-state index contributed by atoms with van der Waals surface area (Å²) in [7, 11) is 1.63. The van der Waals surface area contributed by atoms with E-state index in [1.807, 2.05) is 0 Å². The predicted molar refractivity (Wildman–Crippen MR) is 37.3 cm³/mol. The predicted octanol–water partition coefficient (Wildman–Crippen LogP) is 0.817. The van der Waals surface area contributed by atoms with Gasteiger partial charge in [0.1, 0.15) is 0 Å². The first-order valence-corrected chi connectivity index (χ1v) is 3.05. The monoisotopic (exact) mass is 130 g/mol. The Labute approximate surface area is 56.1 Å². The van der Waals surface area contributed by atoms with Gasteiger partial charge >= 0.3 is 0 Å². The van der Waals surface area contributed by atoms with Crippen molar-refractivity contribution in [2.45, 2.75) is 6.42 Å². The number of rotatable bonds is 5. The zero-order chi connectivity index (χ0) is 7.11. The molecule has 0 bridgehead atoms. The molecule has 0 spiro atoms. The summed E-state index contributed by atoms with van der Waals surface area (Å²) in [6.07, 6.45) is 2.62. The van der Waals surface area contributed by atoms with Crippen LogP contribution in [0.2, 0.25) is 0 Å². The summed E-state index contributed by atoms with van der Waals surface area (Å²) in [5, 5.41) is 8.66. The van der Waals surface area contributed by atoms with Crippen LogP contribution in [0.3, 0.4) is 0 Å². The molecule has 0 amide bonds. The third-order valence-electron chi connectivity index (χ3n) is 1.16. The summed E-state index contributed by atoms with van der Waals surface area (Å²) < 4.78 is 4.84. The van der Waals surface area contributed by atoms with Gasteiger partial charge in [-0.1, -0.05) is 6.08 Å². The fourth-order valence-electron chi connectivity index (χ4n) is 0.667. The molecular formula is C7H14O2. The number of aliphatic hydroxyl groups is 1. The Balaban J connectivity index is 3.28. The molecule has 2 nitrogen and oxygen atoms in total. The van der Waals surface area contributed by atoms with E-state index in [-0.39, 0.29) is 12.5 Å². The minimum atomic E-state index is 0.180. The molecule has 0 radical (unpaired) electrons. The largest absolute Gasteiger partial charge is 0.396 e. The van der Waals surface area contributed by atoms with Gasteiger partial charge in [0.05, 0.1) is 6.61 Å². The molecule has 0 aromatic rings. The van der Waals surface area contributed by atoms with E-state index in [4.69, 9.17) is 9.84 Å². The second-order valence-corrected chi connectivity index (χ2v) is 2.03. The maximum atomic E-state index is 8.66. The van der Waals surface area contributed by atoms with Gasteiger partial charge in [-0.3, -0.25) is 0 Å². The average Bonchev–Trinajstić information content (AvgIpc) is 1.88. The average molecular weight is 130 g/mol. The Morgan fingerprint density at radius 1 is 1.78 bits per heavy atom. The zero-order valence-electron chi connectivity index (χ0n) is 5.84. The van der Waals surface area contributed by atoms with Crippen molar-refractivity contribution in [1.82, 2.24) is 0 Å². The van der Waals surface area contributed by atoms with Gasteiger partial charge in [0.25, 0.3) is 0 Å². The van der Waals surface area contributed by atoms with E-state index >= 15 is 0 Å². The van der Waals surface area contributed by atoms with Crippen LogP contribution in [0.15, 0.2) is 12.7 Å². The molecule has 0 fully saturated rings. The zero-order valence-corrected chi connectivity index (χ0v) is 5.84. The molecule has 0 heterocycles. The van der Waals surface area contributed by atoms with Crippen molar-refractivity contribution in [1.29, 1.82) is 0 Å². The Morgan fingerprint density at radius 2 is 2.44 bits per heavy atom. The molecule has 0 aromatic carbocycles. The van der Waals surface area contributed by atoms with Gasteiger partial charge in [-0.25, -0.2) is 0 Å². The van der Waals surface area contributed by atoms with Gasteiger partial charge in [-0.15, -0.1) is 6.58 Å². The van der Waals surface area contributed by atoms with Crippen molar-refractivity contribution >= 4 is 0 Å². The second kappa shape index (κ2) is 5.79. The first kappa shape index (κ1) is 8.66. The number of allylic oxidation sites excluding steroid dienone is 1. The topological polar surface area (TPSA) is 29.5 Å². The van der Waals surface area contributed by atoms with Gasteiger partial charge in [0, 0.05) is 19.6 Å². The van der Waals surface area contributed by atoms with Crippen molar-refractivity contribution in [3.63, 3.8) is 0 Å². The Hall–Kier alpha value is -0.340. The number of hydrogen-bond acceptors (Lipinski definition) is 2. The number of methoxy groups -OCH3 is 1. The highest BCUT2D eigenvalue weighted by Gasteiger charge is 2.02. The Morgan fingerprint density at radius 3 is 2.78 bits per heavy atom. The number of ether oxygens (including phenoxy) is 1. The van der Waals surface area contributed by atoms with Crippen LogP contribution in [0, 0.1) is 5.92 Å². The maximum Gasteiger partial charge on any atom is 0.0515 e. The van der Waals surface area contributed by atoms with Crippen molar-refractivity contribution in [2.24, 2.45) is 5.92 Å². The third kappa shape index (κ3) is 4.18. The molecule has 2 heteroatoms. The molecule has 0 rings (SSSR count). The quantitative estimate of drug-likeness (QED) is 0.558. The molecule has 9 heavy (non-hydrogen) atoms. The first-order valence-electron chi connectivity index (χ1n) is 3.05. The summed E-state index contributed by atoms with van der Waals surface area (Å²) in [6, 6.07) is 0. The minimum absolute atomic E-state index is 0.180. The van der Waals surface area contributed by atoms with Crippen molar-refractivity contribution < 1.29 is 9.84 Å². The molecule has 0 saturated carbocycles. The SMILES string of the molecule is C=CCC(CO)COC. The summed E-state index contributed by atoms with van der Waals surface area (Å²) in [4.78, 5) is 0. The maximum absolute atomic E-state index is 8.66. The lowest BCUT2D eigenvalue weighted by Crippen LogP contribution is -2.11. The summed E-state index contributed by atoms with van der Waals surface area (Å²) in [6.45, 7) is 4.36. The molecule has 1 unspecified atom stereocenters. The van der Waals surface area contributed by atoms with Crippen LogP contribution in [0.4, 0.5) is 0 Å². The fraction of sp³-hybridized carbons (Fsp3) is 0.714. The van der Waals surface area contributed by atoms with Gasteiger partial charge in [0.15, 0.2) is 0 Å². The van der Waals surface area contributed by atoms with E-state index < -0.39 is 0 Å². The highest BCUT2D eigenvalue weighted by molar-refractivity contribution is 4.71. The first-order chi connectivity index (χ1) is 4.35. The van der Waals surface area contributed by atoms with E-state index in [0.29, 0.717) is 6.61 Å². The highest BCUT2D eigenvalue weighted by Crippen LogP contribution is 2.01. The lowest BCUT2D eigenvalue weighted by molar-refractivity contribution is 0.111. The third-order valence-corrected chi connectivity index (χ3v) is 1.16. The van der Waals surface area contributed by atoms with E-state index in [2.05, 4.69) is 6.58 Å². The number of hydrogen-bond donors (Lipinski definition) is 1. The fourth-order valence-corrected chi connectivity index (χ4v) is 0.667. The molecule has 0 aliphatic heterocycles. The summed E-state index contributed by atoms with van der Waals surface area (Å²) >= 11 is 0. The highest BCUT2D eigenvalue weighted by atomic mass is 16.5. The molecular weight excluding hydrogens is 116 g/mol. The lowest BCUT2D eigenvalue weighted by atomic mass is 10.1. The molecule has 1 N–H and O–H groups in total. The molecule has 0 aliphatic rings. The molecule has 0 saturated heterocycles. The lowest BCUT2D eigenvalue weighted by Gasteiger charge is -2.08. The van der Waals surface area contributed by atoms with Gasteiger partial charge in [-0.05, 0) is 6.42 Å². The van der Waals surface area contributed by atoms with Gasteiger partial charge in [-0.2, -0.15) is 0 Å². The Kier molecular flexibility index (Phi) is 5.57. The van der Waals surface area contributed by atoms with Gasteiger partial charge in [0.2, 0.25) is 0 Å². The van der Waals surface area contributed by atoms with E-state index in [0.717, 1.165) is 6.42 Å². The van der Waals surface area contributed by atoms with Crippen LogP contribution >= 0.6 is 0 Å². The van der Waals surface area contributed by atoms with E-state index in [1.165, 1.54) is 0 Å². The van der Waals surface area contributed by atoms with Crippen LogP contribution in [0.25, 0.3) is 0 Å². The normalized spacial score (nSPS) is 13.1.